The van der Waals surface area contributed by atoms with Crippen molar-refractivity contribution >= 4 is 17.4 Å². The van der Waals surface area contributed by atoms with Crippen LogP contribution in [0.5, 0.6) is 0 Å². The van der Waals surface area contributed by atoms with Gasteiger partial charge >= 0.3 is 0 Å². The van der Waals surface area contributed by atoms with Gasteiger partial charge in [-0.25, -0.2) is 0 Å². The van der Waals surface area contributed by atoms with Crippen molar-refractivity contribution in [3.8, 4) is 0 Å². The molecule has 1 aliphatic rings. The molecule has 1 saturated carbocycles. The van der Waals surface area contributed by atoms with E-state index in [4.69, 9.17) is 5.73 Å². The molecule has 1 aromatic carbocycles. The van der Waals surface area contributed by atoms with Gasteiger partial charge in [0.25, 0.3) is 5.69 Å². The Morgan fingerprint density at radius 1 is 1.35 bits per heavy atom. The van der Waals surface area contributed by atoms with Gasteiger partial charge in [0.05, 0.1) is 9.82 Å². The lowest BCUT2D eigenvalue weighted by Crippen LogP contribution is -2.39. The van der Waals surface area contributed by atoms with Gasteiger partial charge in [0.1, 0.15) is 0 Å². The molecule has 2 rings (SSSR count). The number of hydrogen-bond donors (Lipinski definition) is 1. The molecule has 2 N–H and O–H groups in total. The van der Waals surface area contributed by atoms with Gasteiger partial charge in [-0.05, 0) is 37.2 Å². The number of thioether (sulfide) groups is 1. The molecule has 0 bridgehead atoms. The molecule has 3 unspecified atom stereocenters. The van der Waals surface area contributed by atoms with Gasteiger partial charge in [0, 0.05) is 17.4 Å². The number of para-hydroxylation sites is 1. The monoisotopic (exact) mass is 294 g/mol. The van der Waals surface area contributed by atoms with E-state index < -0.39 is 0 Å². The topological polar surface area (TPSA) is 69.2 Å². The third-order valence-electron chi connectivity index (χ3n) is 4.17. The van der Waals surface area contributed by atoms with E-state index in [0.717, 1.165) is 17.7 Å². The van der Waals surface area contributed by atoms with Crippen LogP contribution < -0.4 is 5.73 Å². The molecule has 4 nitrogen and oxygen atoms in total. The summed E-state index contributed by atoms with van der Waals surface area (Å²) in [5.74, 6) is 1.33. The van der Waals surface area contributed by atoms with Gasteiger partial charge in [-0.3, -0.25) is 10.1 Å². The highest BCUT2D eigenvalue weighted by Gasteiger charge is 2.31. The smallest absolute Gasteiger partial charge is 0.282 e. The largest absolute Gasteiger partial charge is 0.327 e. The Bertz CT molecular complexity index is 479. The van der Waals surface area contributed by atoms with Crippen LogP contribution in [0.4, 0.5) is 5.69 Å². The van der Waals surface area contributed by atoms with E-state index >= 15 is 0 Å². The molecular formula is C15H22N2O2S. The molecule has 1 aromatic rings. The number of nitro benzene ring substituents is 1. The molecule has 0 aromatic heterocycles. The third kappa shape index (κ3) is 3.52. The normalized spacial score (nSPS) is 26.7. The Morgan fingerprint density at radius 3 is 2.70 bits per heavy atom. The van der Waals surface area contributed by atoms with Crippen LogP contribution in [0.3, 0.4) is 0 Å². The Labute approximate surface area is 124 Å². The maximum absolute atomic E-state index is 11.1. The van der Waals surface area contributed by atoms with E-state index in [1.807, 2.05) is 12.1 Å². The summed E-state index contributed by atoms with van der Waals surface area (Å²) in [6.07, 6.45) is 3.24. The highest BCUT2D eigenvalue weighted by molar-refractivity contribution is 8.00. The van der Waals surface area contributed by atoms with Crippen LogP contribution in [-0.2, 0) is 0 Å². The number of rotatable bonds is 4. The predicted molar refractivity (Wildman–Crippen MR) is 82.9 cm³/mol. The zero-order valence-electron chi connectivity index (χ0n) is 12.0. The van der Waals surface area contributed by atoms with E-state index in [9.17, 15) is 10.1 Å². The molecule has 0 heterocycles. The SMILES string of the molecule is CC(C)C1CCC(N)C(Sc2ccccc2[N+](=O)[O-])C1. The van der Waals surface area contributed by atoms with Crippen molar-refractivity contribution < 1.29 is 4.92 Å². The fraction of sp³-hybridized carbons (Fsp3) is 0.600. The number of hydrogen-bond acceptors (Lipinski definition) is 4. The summed E-state index contributed by atoms with van der Waals surface area (Å²) < 4.78 is 0. The summed E-state index contributed by atoms with van der Waals surface area (Å²) in [6.45, 7) is 4.49. The van der Waals surface area contributed by atoms with Gasteiger partial charge < -0.3 is 5.73 Å². The predicted octanol–water partition coefficient (Wildman–Crippen LogP) is 3.84. The van der Waals surface area contributed by atoms with Crippen LogP contribution >= 0.6 is 11.8 Å². The minimum atomic E-state index is -0.309. The van der Waals surface area contributed by atoms with Gasteiger partial charge in [0.15, 0.2) is 0 Å². The lowest BCUT2D eigenvalue weighted by molar-refractivity contribution is -0.387. The lowest BCUT2D eigenvalue weighted by atomic mass is 9.79. The quantitative estimate of drug-likeness (QED) is 0.676. The second kappa shape index (κ2) is 6.59. The first-order valence-electron chi connectivity index (χ1n) is 7.14. The summed E-state index contributed by atoms with van der Waals surface area (Å²) >= 11 is 1.58. The van der Waals surface area contributed by atoms with E-state index in [2.05, 4.69) is 13.8 Å². The van der Waals surface area contributed by atoms with Crippen molar-refractivity contribution in [3.05, 3.63) is 34.4 Å². The molecule has 1 aliphatic carbocycles. The Hall–Kier alpha value is -1.07. The summed E-state index contributed by atoms with van der Waals surface area (Å²) in [7, 11) is 0. The molecule has 0 radical (unpaired) electrons. The highest BCUT2D eigenvalue weighted by Crippen LogP contribution is 2.40. The average Bonchev–Trinajstić information content (AvgIpc) is 2.41. The second-order valence-electron chi connectivity index (χ2n) is 5.86. The van der Waals surface area contributed by atoms with Crippen LogP contribution in [-0.4, -0.2) is 16.2 Å². The van der Waals surface area contributed by atoms with E-state index in [0.29, 0.717) is 11.8 Å². The second-order valence-corrected chi connectivity index (χ2v) is 7.14. The van der Waals surface area contributed by atoms with Crippen LogP contribution in [0.15, 0.2) is 29.2 Å². The van der Waals surface area contributed by atoms with Crippen molar-refractivity contribution in [2.45, 2.75) is 49.3 Å². The molecule has 1 fully saturated rings. The molecule has 0 spiro atoms. The van der Waals surface area contributed by atoms with E-state index in [1.54, 1.807) is 23.9 Å². The minimum absolute atomic E-state index is 0.134. The van der Waals surface area contributed by atoms with E-state index in [1.165, 1.54) is 6.42 Å². The molecule has 0 aliphatic heterocycles. The zero-order valence-corrected chi connectivity index (χ0v) is 12.8. The summed E-state index contributed by atoms with van der Waals surface area (Å²) in [4.78, 5) is 11.5. The summed E-state index contributed by atoms with van der Waals surface area (Å²) in [5.41, 5.74) is 6.42. The first-order chi connectivity index (χ1) is 9.49. The average molecular weight is 294 g/mol. The molecule has 3 atom stereocenters. The number of nitro groups is 1. The number of nitrogens with two attached hydrogens (primary N) is 1. The van der Waals surface area contributed by atoms with Crippen molar-refractivity contribution in [1.82, 2.24) is 0 Å². The van der Waals surface area contributed by atoms with Crippen molar-refractivity contribution in [2.24, 2.45) is 17.6 Å². The van der Waals surface area contributed by atoms with Crippen LogP contribution in [0, 0.1) is 22.0 Å². The first kappa shape index (κ1) is 15.3. The summed E-state index contributed by atoms with van der Waals surface area (Å²) in [6, 6.07) is 7.09. The third-order valence-corrected chi connectivity index (χ3v) is 5.61. The van der Waals surface area contributed by atoms with Gasteiger partial charge in [-0.15, -0.1) is 11.8 Å². The van der Waals surface area contributed by atoms with Gasteiger partial charge in [-0.1, -0.05) is 26.0 Å². The van der Waals surface area contributed by atoms with Crippen LogP contribution in [0.2, 0.25) is 0 Å². The van der Waals surface area contributed by atoms with Gasteiger partial charge in [-0.2, -0.15) is 0 Å². The van der Waals surface area contributed by atoms with Crippen molar-refractivity contribution in [2.75, 3.05) is 0 Å². The minimum Gasteiger partial charge on any atom is -0.327 e. The molecule has 20 heavy (non-hydrogen) atoms. The standard InChI is InChI=1S/C15H22N2O2S/c1-10(2)11-7-8-12(16)15(9-11)20-14-6-4-3-5-13(14)17(18)19/h3-6,10-12,15H,7-9,16H2,1-2H3. The Kier molecular flexibility index (Phi) is 5.05. The first-order valence-corrected chi connectivity index (χ1v) is 8.02. The maximum Gasteiger partial charge on any atom is 0.282 e. The fourth-order valence-electron chi connectivity index (χ4n) is 2.80. The van der Waals surface area contributed by atoms with Crippen molar-refractivity contribution in [3.63, 3.8) is 0 Å². The van der Waals surface area contributed by atoms with Gasteiger partial charge in [0.2, 0.25) is 0 Å². The van der Waals surface area contributed by atoms with E-state index in [-0.39, 0.29) is 21.9 Å². The Balaban J connectivity index is 2.14. The highest BCUT2D eigenvalue weighted by atomic mass is 32.2. The number of benzene rings is 1. The Morgan fingerprint density at radius 2 is 2.05 bits per heavy atom. The fourth-order valence-corrected chi connectivity index (χ4v) is 4.20. The molecule has 0 amide bonds. The summed E-state index contributed by atoms with van der Waals surface area (Å²) in [5, 5.41) is 11.4. The zero-order chi connectivity index (χ0) is 14.7. The van der Waals surface area contributed by atoms with Crippen molar-refractivity contribution in [1.29, 1.82) is 0 Å². The molecule has 110 valence electrons. The maximum atomic E-state index is 11.1. The molecule has 5 heteroatoms. The lowest BCUT2D eigenvalue weighted by Gasteiger charge is -2.35. The number of nitrogens with zero attached hydrogens (tertiary/aromatic N) is 1. The van der Waals surface area contributed by atoms with Crippen LogP contribution in [0.1, 0.15) is 33.1 Å². The molecule has 0 saturated heterocycles. The molecular weight excluding hydrogens is 272 g/mol. The van der Waals surface area contributed by atoms with Crippen LogP contribution in [0.25, 0.3) is 0 Å².